The number of nitrogens with zero attached hydrogens (tertiary/aromatic N) is 4. The van der Waals surface area contributed by atoms with Crippen LogP contribution in [0.1, 0.15) is 0 Å². The summed E-state index contributed by atoms with van der Waals surface area (Å²) in [6.07, 6.45) is 1.47. The van der Waals surface area contributed by atoms with E-state index < -0.39 is 0 Å². The average molecular weight is 282 g/mol. The highest BCUT2D eigenvalue weighted by atomic mass is 15.1. The van der Waals surface area contributed by atoms with Gasteiger partial charge in [-0.05, 0) is 12.1 Å². The molecule has 2 aromatic heterocycles. The first-order chi connectivity index (χ1) is 10.8. The van der Waals surface area contributed by atoms with Gasteiger partial charge in [-0.2, -0.15) is 0 Å². The van der Waals surface area contributed by atoms with Gasteiger partial charge in [-0.1, -0.05) is 48.5 Å². The van der Waals surface area contributed by atoms with Crippen LogP contribution in [0.15, 0.2) is 67.0 Å². The lowest BCUT2D eigenvalue weighted by atomic mass is 10.0. The minimum absolute atomic E-state index is 0.386. The lowest BCUT2D eigenvalue weighted by Gasteiger charge is -2.08. The Morgan fingerprint density at radius 3 is 2.23 bits per heavy atom. The van der Waals surface area contributed by atoms with Gasteiger partial charge in [0, 0.05) is 16.8 Å². The molecule has 0 aliphatic rings. The largest absolute Gasteiger partial charge is 0.277 e. The van der Waals surface area contributed by atoms with Crippen LogP contribution in [0, 0.1) is 0 Å². The summed E-state index contributed by atoms with van der Waals surface area (Å²) < 4.78 is 2.00. The highest BCUT2D eigenvalue weighted by Crippen LogP contribution is 2.26. The number of fused-ring (bicyclic) bond motifs is 1. The Morgan fingerprint density at radius 2 is 1.50 bits per heavy atom. The van der Waals surface area contributed by atoms with Gasteiger partial charge in [0.15, 0.2) is 5.65 Å². The Bertz CT molecular complexity index is 933. The van der Waals surface area contributed by atoms with Crippen LogP contribution in [-0.2, 0) is 0 Å². The summed E-state index contributed by atoms with van der Waals surface area (Å²) >= 11 is 0. The first kappa shape index (κ1) is 12.8. The van der Waals surface area contributed by atoms with Gasteiger partial charge in [0.05, 0.1) is 0 Å². The molecule has 0 spiro atoms. The first-order valence-electron chi connectivity index (χ1n) is 6.94. The van der Waals surface area contributed by atoms with Crippen molar-refractivity contribution < 1.29 is 0 Å². The van der Waals surface area contributed by atoms with Crippen molar-refractivity contribution in [3.63, 3.8) is 0 Å². The summed E-state index contributed by atoms with van der Waals surface area (Å²) in [5.74, 6) is 0.800. The second-order valence-electron chi connectivity index (χ2n) is 4.90. The zero-order valence-electron chi connectivity index (χ0n) is 11.7. The molecular weight excluding hydrogens is 271 g/mol. The number of imidazole rings is 1. The van der Waals surface area contributed by atoms with Crippen LogP contribution in [0.5, 0.6) is 0 Å². The van der Waals surface area contributed by atoms with Crippen molar-refractivity contribution in [1.29, 1.82) is 0 Å². The second kappa shape index (κ2) is 5.11. The molecule has 0 fully saturated rings. The van der Waals surface area contributed by atoms with Gasteiger partial charge in [0.2, 0.25) is 0 Å². The van der Waals surface area contributed by atoms with E-state index in [0.717, 1.165) is 17.1 Å². The molecule has 0 N–H and O–H groups in total. The van der Waals surface area contributed by atoms with Crippen LogP contribution >= 0.6 is 0 Å². The predicted octanol–water partition coefficient (Wildman–Crippen LogP) is 2.28. The molecule has 4 aromatic rings. The van der Waals surface area contributed by atoms with Gasteiger partial charge < -0.3 is 0 Å². The second-order valence-corrected chi connectivity index (χ2v) is 4.90. The molecule has 22 heavy (non-hydrogen) atoms. The summed E-state index contributed by atoms with van der Waals surface area (Å²) in [6.45, 7) is 0. The normalized spacial score (nSPS) is 10.9. The van der Waals surface area contributed by atoms with Crippen LogP contribution in [-0.4, -0.2) is 27.4 Å². The molecule has 2 radical (unpaired) electrons. The quantitative estimate of drug-likeness (QED) is 0.530. The molecule has 0 aliphatic carbocycles. The lowest BCUT2D eigenvalue weighted by Crippen LogP contribution is -2.10. The lowest BCUT2D eigenvalue weighted by molar-refractivity contribution is 1.07. The molecule has 102 valence electrons. The van der Waals surface area contributed by atoms with E-state index in [-0.39, 0.29) is 0 Å². The first-order valence-corrected chi connectivity index (χ1v) is 6.94. The number of hydrogen-bond acceptors (Lipinski definition) is 3. The molecule has 5 heteroatoms. The Morgan fingerprint density at radius 1 is 0.818 bits per heavy atom. The number of rotatable bonds is 2. The van der Waals surface area contributed by atoms with E-state index in [2.05, 4.69) is 15.0 Å². The fourth-order valence-corrected chi connectivity index (χ4v) is 2.51. The van der Waals surface area contributed by atoms with Crippen molar-refractivity contribution in [2.75, 3.05) is 0 Å². The molecule has 0 saturated carbocycles. The third-order valence-corrected chi connectivity index (χ3v) is 3.52. The average Bonchev–Trinajstić information content (AvgIpc) is 2.97. The van der Waals surface area contributed by atoms with E-state index in [0.29, 0.717) is 16.8 Å². The standard InChI is InChI=1S/C17H11BN4/c18-15-14-17(20-11-19-15)22(13-9-5-2-6-10-13)16(21-14)12-7-3-1-4-8-12/h1-11H. The topological polar surface area (TPSA) is 43.6 Å². The molecule has 0 bridgehead atoms. The van der Waals surface area contributed by atoms with Crippen molar-refractivity contribution in [1.82, 2.24) is 19.5 Å². The number of benzene rings is 2. The van der Waals surface area contributed by atoms with Crippen LogP contribution in [0.4, 0.5) is 0 Å². The predicted molar refractivity (Wildman–Crippen MR) is 87.5 cm³/mol. The zero-order chi connectivity index (χ0) is 14.9. The molecule has 2 aromatic carbocycles. The van der Waals surface area contributed by atoms with Crippen molar-refractivity contribution in [3.8, 4) is 17.1 Å². The zero-order valence-corrected chi connectivity index (χ0v) is 11.7. The molecular formula is C17H11BN4. The smallest absolute Gasteiger partial charge is 0.167 e. The SMILES string of the molecule is [B]c1ncnc2c1nc(-c1ccccc1)n2-c1ccccc1. The van der Waals surface area contributed by atoms with Crippen molar-refractivity contribution in [2.45, 2.75) is 0 Å². The van der Waals surface area contributed by atoms with Gasteiger partial charge in [0.1, 0.15) is 25.5 Å². The number of para-hydroxylation sites is 1. The van der Waals surface area contributed by atoms with E-state index in [4.69, 9.17) is 7.85 Å². The minimum Gasteiger partial charge on any atom is -0.277 e. The highest BCUT2D eigenvalue weighted by molar-refractivity contribution is 6.36. The Hall–Kier alpha value is -2.95. The molecule has 4 rings (SSSR count). The third kappa shape index (κ3) is 1.99. The van der Waals surface area contributed by atoms with E-state index in [1.807, 2.05) is 65.2 Å². The molecule has 4 nitrogen and oxygen atoms in total. The maximum absolute atomic E-state index is 5.97. The van der Waals surface area contributed by atoms with Crippen LogP contribution in [0.2, 0.25) is 0 Å². The summed E-state index contributed by atoms with van der Waals surface area (Å²) in [5, 5.41) is 0. The third-order valence-electron chi connectivity index (χ3n) is 3.52. The molecule has 0 atom stereocenters. The molecule has 0 saturated heterocycles. The monoisotopic (exact) mass is 282 g/mol. The minimum atomic E-state index is 0.386. The van der Waals surface area contributed by atoms with E-state index in [1.54, 1.807) is 0 Å². The molecule has 0 unspecified atom stereocenters. The van der Waals surface area contributed by atoms with Gasteiger partial charge in [-0.3, -0.25) is 9.55 Å². The van der Waals surface area contributed by atoms with Gasteiger partial charge in [0.25, 0.3) is 0 Å². The highest BCUT2D eigenvalue weighted by Gasteiger charge is 2.16. The van der Waals surface area contributed by atoms with Crippen LogP contribution in [0.3, 0.4) is 0 Å². The van der Waals surface area contributed by atoms with Crippen LogP contribution in [0.25, 0.3) is 28.2 Å². The fraction of sp³-hybridized carbons (Fsp3) is 0. The summed E-state index contributed by atoms with van der Waals surface area (Å²) in [5.41, 5.74) is 3.70. The molecule has 2 heterocycles. The van der Waals surface area contributed by atoms with Crippen molar-refractivity contribution >= 4 is 24.6 Å². The van der Waals surface area contributed by atoms with Crippen molar-refractivity contribution in [2.24, 2.45) is 0 Å². The van der Waals surface area contributed by atoms with E-state index in [9.17, 15) is 0 Å². The summed E-state index contributed by atoms with van der Waals surface area (Å²) in [6, 6.07) is 20.0. The maximum Gasteiger partial charge on any atom is 0.167 e. The van der Waals surface area contributed by atoms with Gasteiger partial charge in [-0.15, -0.1) is 0 Å². The fourth-order valence-electron chi connectivity index (χ4n) is 2.51. The Labute approximate surface area is 128 Å². The summed E-state index contributed by atoms with van der Waals surface area (Å²) in [7, 11) is 5.97. The van der Waals surface area contributed by atoms with Gasteiger partial charge in [-0.25, -0.2) is 9.97 Å². The number of hydrogen-bond donors (Lipinski definition) is 0. The number of aromatic nitrogens is 4. The van der Waals surface area contributed by atoms with Crippen molar-refractivity contribution in [3.05, 3.63) is 67.0 Å². The Balaban J connectivity index is 2.10. The van der Waals surface area contributed by atoms with E-state index in [1.165, 1.54) is 6.33 Å². The van der Waals surface area contributed by atoms with E-state index >= 15 is 0 Å². The van der Waals surface area contributed by atoms with Crippen LogP contribution < -0.4 is 5.59 Å². The maximum atomic E-state index is 5.97. The summed E-state index contributed by atoms with van der Waals surface area (Å²) in [4.78, 5) is 13.1. The molecule has 0 amide bonds. The molecule has 0 aliphatic heterocycles. The Kier molecular flexibility index (Phi) is 2.97. The van der Waals surface area contributed by atoms with Gasteiger partial charge >= 0.3 is 0 Å².